The Morgan fingerprint density at radius 3 is 2.86 bits per heavy atom. The van der Waals surface area contributed by atoms with Crippen LogP contribution in [0.4, 0.5) is 0 Å². The standard InChI is InChI=1S/C18H24N2O.ClH/c21-17(15-11-18(15)8-3-4-9-18)20-12-16-14-6-2-1-5-13(14)7-10-19-16;/h1-2,5-6,15-16,19H,3-4,7-12H2,(H,20,21);1H. The number of carbonyl (C=O) groups excluding carboxylic acids is 1. The molecular formula is C18H25ClN2O. The Bertz CT molecular complexity index is 554. The van der Waals surface area contributed by atoms with Crippen LogP contribution >= 0.6 is 12.4 Å². The molecule has 0 radical (unpaired) electrons. The highest BCUT2D eigenvalue weighted by Gasteiger charge is 2.58. The lowest BCUT2D eigenvalue weighted by Crippen LogP contribution is -2.39. The molecule has 1 aliphatic heterocycles. The topological polar surface area (TPSA) is 41.1 Å². The molecule has 1 aromatic carbocycles. The largest absolute Gasteiger partial charge is 0.354 e. The van der Waals surface area contributed by atoms with Gasteiger partial charge in [-0.05, 0) is 48.8 Å². The number of hydrogen-bond donors (Lipinski definition) is 2. The Morgan fingerprint density at radius 2 is 2.05 bits per heavy atom. The molecule has 3 aliphatic rings. The molecule has 0 bridgehead atoms. The van der Waals surface area contributed by atoms with E-state index in [1.54, 1.807) is 0 Å². The van der Waals surface area contributed by atoms with E-state index in [9.17, 15) is 4.79 Å². The summed E-state index contributed by atoms with van der Waals surface area (Å²) in [5.74, 6) is 0.598. The first-order valence-corrected chi connectivity index (χ1v) is 8.37. The van der Waals surface area contributed by atoms with Crippen LogP contribution in [0.1, 0.15) is 49.3 Å². The van der Waals surface area contributed by atoms with Crippen LogP contribution in [-0.2, 0) is 11.2 Å². The van der Waals surface area contributed by atoms with Crippen molar-refractivity contribution in [2.75, 3.05) is 13.1 Å². The lowest BCUT2D eigenvalue weighted by molar-refractivity contribution is -0.123. The van der Waals surface area contributed by atoms with Crippen LogP contribution in [0.3, 0.4) is 0 Å². The summed E-state index contributed by atoms with van der Waals surface area (Å²) < 4.78 is 0. The molecule has 120 valence electrons. The fraction of sp³-hybridized carbons (Fsp3) is 0.611. The van der Waals surface area contributed by atoms with Crippen molar-refractivity contribution in [1.29, 1.82) is 0 Å². The van der Waals surface area contributed by atoms with Gasteiger partial charge in [0.05, 0.1) is 0 Å². The van der Waals surface area contributed by atoms with Gasteiger partial charge in [-0.1, -0.05) is 37.1 Å². The molecule has 0 saturated heterocycles. The SMILES string of the molecule is Cl.O=C(NCC1NCCc2ccccc21)C1CC12CCCC2. The molecule has 1 aromatic rings. The molecule has 2 unspecified atom stereocenters. The predicted molar refractivity (Wildman–Crippen MR) is 90.2 cm³/mol. The molecule has 4 heteroatoms. The first-order valence-electron chi connectivity index (χ1n) is 8.37. The van der Waals surface area contributed by atoms with Gasteiger partial charge in [-0.3, -0.25) is 4.79 Å². The minimum absolute atomic E-state index is 0. The first kappa shape index (κ1) is 15.8. The second kappa shape index (κ2) is 6.21. The van der Waals surface area contributed by atoms with Gasteiger partial charge in [0, 0.05) is 18.5 Å². The maximum absolute atomic E-state index is 12.4. The number of fused-ring (bicyclic) bond motifs is 1. The lowest BCUT2D eigenvalue weighted by atomic mass is 9.94. The minimum atomic E-state index is 0. The van der Waals surface area contributed by atoms with Gasteiger partial charge in [0.25, 0.3) is 0 Å². The maximum Gasteiger partial charge on any atom is 0.223 e. The van der Waals surface area contributed by atoms with E-state index < -0.39 is 0 Å². The quantitative estimate of drug-likeness (QED) is 0.899. The second-order valence-corrected chi connectivity index (χ2v) is 7.03. The molecule has 1 amide bonds. The van der Waals surface area contributed by atoms with Gasteiger partial charge in [0.2, 0.25) is 5.91 Å². The van der Waals surface area contributed by atoms with Gasteiger partial charge >= 0.3 is 0 Å². The number of nitrogens with one attached hydrogen (secondary N) is 2. The molecule has 3 nitrogen and oxygen atoms in total. The van der Waals surface area contributed by atoms with Crippen LogP contribution in [0, 0.1) is 11.3 Å². The van der Waals surface area contributed by atoms with Gasteiger partial charge in [-0.15, -0.1) is 12.4 Å². The summed E-state index contributed by atoms with van der Waals surface area (Å²) >= 11 is 0. The van der Waals surface area contributed by atoms with Crippen molar-refractivity contribution in [3.63, 3.8) is 0 Å². The summed E-state index contributed by atoms with van der Waals surface area (Å²) in [5, 5.41) is 6.74. The number of hydrogen-bond acceptors (Lipinski definition) is 2. The summed E-state index contributed by atoms with van der Waals surface area (Å²) in [4.78, 5) is 12.4. The zero-order chi connectivity index (χ0) is 14.3. The van der Waals surface area contributed by atoms with Crippen molar-refractivity contribution in [3.8, 4) is 0 Å². The van der Waals surface area contributed by atoms with Crippen LogP contribution in [0.25, 0.3) is 0 Å². The monoisotopic (exact) mass is 320 g/mol. The molecule has 1 heterocycles. The summed E-state index contributed by atoms with van der Waals surface area (Å²) in [6, 6.07) is 8.87. The molecule has 2 aliphatic carbocycles. The molecule has 2 saturated carbocycles. The Labute approximate surface area is 138 Å². The number of halogens is 1. The average molecular weight is 321 g/mol. The third-order valence-electron chi connectivity index (χ3n) is 5.80. The molecule has 2 N–H and O–H groups in total. The molecule has 2 fully saturated rings. The number of rotatable bonds is 3. The fourth-order valence-corrected chi connectivity index (χ4v) is 4.45. The molecular weight excluding hydrogens is 296 g/mol. The molecule has 0 aromatic heterocycles. The number of benzene rings is 1. The highest BCUT2D eigenvalue weighted by atomic mass is 35.5. The first-order chi connectivity index (χ1) is 10.3. The van der Waals surface area contributed by atoms with E-state index in [2.05, 4.69) is 34.9 Å². The van der Waals surface area contributed by atoms with Crippen molar-refractivity contribution in [2.45, 2.75) is 44.6 Å². The summed E-state index contributed by atoms with van der Waals surface area (Å²) in [6.45, 7) is 1.73. The zero-order valence-corrected chi connectivity index (χ0v) is 13.8. The van der Waals surface area contributed by atoms with Crippen LogP contribution in [0.2, 0.25) is 0 Å². The van der Waals surface area contributed by atoms with Crippen molar-refractivity contribution < 1.29 is 4.79 Å². The lowest BCUT2D eigenvalue weighted by Gasteiger charge is -2.27. The van der Waals surface area contributed by atoms with Crippen LogP contribution in [0.5, 0.6) is 0 Å². The third-order valence-corrected chi connectivity index (χ3v) is 5.80. The Balaban J connectivity index is 0.00000144. The van der Waals surface area contributed by atoms with Crippen LogP contribution < -0.4 is 10.6 Å². The number of carbonyl (C=O) groups is 1. The predicted octanol–water partition coefficient (Wildman–Crippen LogP) is 2.99. The van der Waals surface area contributed by atoms with Crippen LogP contribution in [-0.4, -0.2) is 19.0 Å². The van der Waals surface area contributed by atoms with E-state index in [4.69, 9.17) is 0 Å². The van der Waals surface area contributed by atoms with Gasteiger partial charge in [0.1, 0.15) is 0 Å². The zero-order valence-electron chi connectivity index (χ0n) is 12.9. The average Bonchev–Trinajstić information content (AvgIpc) is 3.02. The van der Waals surface area contributed by atoms with Gasteiger partial charge in [0.15, 0.2) is 0 Å². The molecule has 22 heavy (non-hydrogen) atoms. The minimum Gasteiger partial charge on any atom is -0.354 e. The van der Waals surface area contributed by atoms with E-state index in [0.29, 0.717) is 17.2 Å². The summed E-state index contributed by atoms with van der Waals surface area (Å²) in [6.07, 6.45) is 7.41. The molecule has 2 atom stereocenters. The normalized spacial score (nSPS) is 27.8. The highest BCUT2D eigenvalue weighted by Crippen LogP contribution is 2.62. The Morgan fingerprint density at radius 1 is 1.27 bits per heavy atom. The molecule has 1 spiro atoms. The van der Waals surface area contributed by atoms with E-state index in [-0.39, 0.29) is 18.4 Å². The second-order valence-electron chi connectivity index (χ2n) is 7.03. The van der Waals surface area contributed by atoms with Gasteiger partial charge in [-0.25, -0.2) is 0 Å². The van der Waals surface area contributed by atoms with Crippen LogP contribution in [0.15, 0.2) is 24.3 Å². The smallest absolute Gasteiger partial charge is 0.223 e. The van der Waals surface area contributed by atoms with E-state index >= 15 is 0 Å². The van der Waals surface area contributed by atoms with Crippen molar-refractivity contribution in [3.05, 3.63) is 35.4 Å². The van der Waals surface area contributed by atoms with Crippen molar-refractivity contribution in [1.82, 2.24) is 10.6 Å². The van der Waals surface area contributed by atoms with Crippen molar-refractivity contribution in [2.24, 2.45) is 11.3 Å². The van der Waals surface area contributed by atoms with E-state index in [1.165, 1.54) is 36.8 Å². The van der Waals surface area contributed by atoms with Crippen molar-refractivity contribution >= 4 is 18.3 Å². The van der Waals surface area contributed by atoms with Gasteiger partial charge in [-0.2, -0.15) is 0 Å². The van der Waals surface area contributed by atoms with E-state index in [0.717, 1.165) is 25.9 Å². The van der Waals surface area contributed by atoms with E-state index in [1.807, 2.05) is 0 Å². The molecule has 4 rings (SSSR count). The van der Waals surface area contributed by atoms with Gasteiger partial charge < -0.3 is 10.6 Å². The summed E-state index contributed by atoms with van der Waals surface area (Å²) in [7, 11) is 0. The summed E-state index contributed by atoms with van der Waals surface area (Å²) in [5.41, 5.74) is 3.19. The maximum atomic E-state index is 12.4. The number of amides is 1. The third kappa shape index (κ3) is 2.77. The Hall–Kier alpha value is -1.06. The fourth-order valence-electron chi connectivity index (χ4n) is 4.45. The Kier molecular flexibility index (Phi) is 4.47. The highest BCUT2D eigenvalue weighted by molar-refractivity contribution is 5.85.